The highest BCUT2D eigenvalue weighted by Crippen LogP contribution is 2.30. The lowest BCUT2D eigenvalue weighted by atomic mass is 10.2. The summed E-state index contributed by atoms with van der Waals surface area (Å²) in [6, 6.07) is 3.93. The summed E-state index contributed by atoms with van der Waals surface area (Å²) in [7, 11) is 0. The number of hydrogen-bond donors (Lipinski definition) is 2. The average Bonchev–Trinajstić information content (AvgIpc) is 2.34. The number of nitro groups is 1. The molecule has 0 amide bonds. The second kappa shape index (κ2) is 6.99. The first-order valence-electron chi connectivity index (χ1n) is 5.96. The molecule has 20 heavy (non-hydrogen) atoms. The third kappa shape index (κ3) is 4.61. The lowest BCUT2D eigenvalue weighted by molar-refractivity contribution is -0.386. The number of nitrogens with one attached hydrogen (secondary N) is 1. The third-order valence-corrected chi connectivity index (χ3v) is 2.33. The molecule has 0 radical (unpaired) electrons. The van der Waals surface area contributed by atoms with Crippen LogP contribution in [-0.4, -0.2) is 35.2 Å². The number of hydrogen-bond acceptors (Lipinski definition) is 5. The normalized spacial score (nSPS) is 12.6. The molecule has 0 heterocycles. The van der Waals surface area contributed by atoms with Gasteiger partial charge in [-0.3, -0.25) is 10.1 Å². The fraction of sp³-hybridized carbons (Fsp3) is 0.500. The van der Waals surface area contributed by atoms with Gasteiger partial charge in [0.25, 0.3) is 6.43 Å². The first-order valence-corrected chi connectivity index (χ1v) is 5.96. The summed E-state index contributed by atoms with van der Waals surface area (Å²) in [5.74, 6) is 0.0431. The molecule has 0 aliphatic rings. The van der Waals surface area contributed by atoms with Gasteiger partial charge >= 0.3 is 5.69 Å². The van der Waals surface area contributed by atoms with E-state index < -0.39 is 17.5 Å². The van der Waals surface area contributed by atoms with Gasteiger partial charge in [-0.25, -0.2) is 8.78 Å². The Morgan fingerprint density at radius 1 is 1.45 bits per heavy atom. The van der Waals surface area contributed by atoms with Gasteiger partial charge in [-0.15, -0.1) is 0 Å². The molecule has 8 heteroatoms. The molecule has 0 aliphatic carbocycles. The zero-order valence-electron chi connectivity index (χ0n) is 11.0. The minimum Gasteiger partial charge on any atom is -0.484 e. The van der Waals surface area contributed by atoms with Gasteiger partial charge in [-0.2, -0.15) is 0 Å². The molecule has 1 unspecified atom stereocenters. The number of halogens is 2. The van der Waals surface area contributed by atoms with Crippen LogP contribution in [0.3, 0.4) is 0 Å². The number of anilines is 1. The van der Waals surface area contributed by atoms with E-state index in [2.05, 4.69) is 5.32 Å². The molecule has 0 spiro atoms. The van der Waals surface area contributed by atoms with E-state index in [0.29, 0.717) is 5.69 Å². The van der Waals surface area contributed by atoms with Gasteiger partial charge in [0.1, 0.15) is 6.10 Å². The Morgan fingerprint density at radius 2 is 2.10 bits per heavy atom. The number of alkyl halides is 2. The van der Waals surface area contributed by atoms with E-state index in [9.17, 15) is 18.9 Å². The molecule has 0 saturated heterocycles. The predicted molar refractivity (Wildman–Crippen MR) is 69.4 cm³/mol. The largest absolute Gasteiger partial charge is 0.484 e. The minimum absolute atomic E-state index is 0.0431. The van der Waals surface area contributed by atoms with Gasteiger partial charge < -0.3 is 15.2 Å². The first kappa shape index (κ1) is 16.1. The average molecular weight is 290 g/mol. The van der Waals surface area contributed by atoms with Crippen molar-refractivity contribution in [2.75, 3.05) is 11.9 Å². The fourth-order valence-electron chi connectivity index (χ4n) is 1.43. The van der Waals surface area contributed by atoms with Crippen molar-refractivity contribution in [3.05, 3.63) is 28.3 Å². The predicted octanol–water partition coefficient (Wildman–Crippen LogP) is 2.42. The summed E-state index contributed by atoms with van der Waals surface area (Å²) in [5.41, 5.74) is 0.143. The van der Waals surface area contributed by atoms with Crippen molar-refractivity contribution in [2.45, 2.75) is 32.5 Å². The Hall–Kier alpha value is -1.96. The van der Waals surface area contributed by atoms with Crippen LogP contribution in [0.2, 0.25) is 0 Å². The summed E-state index contributed by atoms with van der Waals surface area (Å²) in [4.78, 5) is 10.2. The van der Waals surface area contributed by atoms with Crippen LogP contribution in [0.5, 0.6) is 5.75 Å². The summed E-state index contributed by atoms with van der Waals surface area (Å²) in [5, 5.41) is 22.4. The van der Waals surface area contributed by atoms with Crippen LogP contribution in [-0.2, 0) is 0 Å². The molecule has 0 bridgehead atoms. The zero-order valence-corrected chi connectivity index (χ0v) is 11.0. The van der Waals surface area contributed by atoms with Gasteiger partial charge in [-0.05, 0) is 19.9 Å². The molecule has 0 fully saturated rings. The quantitative estimate of drug-likeness (QED) is 0.595. The molecule has 0 aliphatic heterocycles. The fourth-order valence-corrected chi connectivity index (χ4v) is 1.43. The van der Waals surface area contributed by atoms with Gasteiger partial charge in [0.05, 0.1) is 11.0 Å². The summed E-state index contributed by atoms with van der Waals surface area (Å²) in [6.07, 6.45) is -4.93. The summed E-state index contributed by atoms with van der Waals surface area (Å²) in [6.45, 7) is 3.06. The van der Waals surface area contributed by atoms with Crippen LogP contribution < -0.4 is 10.1 Å². The number of aliphatic hydroxyl groups is 1. The van der Waals surface area contributed by atoms with Crippen LogP contribution in [0.4, 0.5) is 20.2 Å². The van der Waals surface area contributed by atoms with E-state index in [4.69, 9.17) is 9.84 Å². The molecule has 1 atom stereocenters. The van der Waals surface area contributed by atoms with Gasteiger partial charge in [0.15, 0.2) is 5.75 Å². The van der Waals surface area contributed by atoms with Crippen molar-refractivity contribution < 1.29 is 23.5 Å². The van der Waals surface area contributed by atoms with Gasteiger partial charge in [0, 0.05) is 24.4 Å². The highest BCUT2D eigenvalue weighted by Gasteiger charge is 2.19. The topological polar surface area (TPSA) is 84.6 Å². The molecular formula is C12H16F2N2O4. The summed E-state index contributed by atoms with van der Waals surface area (Å²) >= 11 is 0. The molecule has 1 aromatic rings. The molecule has 112 valence electrons. The molecular weight excluding hydrogens is 274 g/mol. The SMILES string of the molecule is CC(C)Oc1cc(NCC(O)C(F)F)ccc1[N+](=O)[O-]. The first-order chi connectivity index (χ1) is 9.31. The minimum atomic E-state index is -2.85. The Kier molecular flexibility index (Phi) is 5.63. The molecule has 0 saturated carbocycles. The van der Waals surface area contributed by atoms with E-state index in [1.807, 2.05) is 0 Å². The van der Waals surface area contributed by atoms with E-state index >= 15 is 0 Å². The maximum atomic E-state index is 12.1. The smallest absolute Gasteiger partial charge is 0.311 e. The monoisotopic (exact) mass is 290 g/mol. The number of benzene rings is 1. The Balaban J connectivity index is 2.86. The number of ether oxygens (including phenoxy) is 1. The van der Waals surface area contributed by atoms with E-state index in [-0.39, 0.29) is 24.1 Å². The van der Waals surface area contributed by atoms with E-state index in [1.54, 1.807) is 13.8 Å². The van der Waals surface area contributed by atoms with Crippen molar-refractivity contribution in [1.29, 1.82) is 0 Å². The lowest BCUT2D eigenvalue weighted by Crippen LogP contribution is -2.26. The van der Waals surface area contributed by atoms with Crippen LogP contribution in [0.1, 0.15) is 13.8 Å². The maximum Gasteiger partial charge on any atom is 0.311 e. The molecule has 1 rings (SSSR count). The second-order valence-corrected chi connectivity index (χ2v) is 4.39. The third-order valence-electron chi connectivity index (χ3n) is 2.33. The van der Waals surface area contributed by atoms with E-state index in [0.717, 1.165) is 0 Å². The highest BCUT2D eigenvalue weighted by molar-refractivity contribution is 5.58. The van der Waals surface area contributed by atoms with Crippen LogP contribution in [0, 0.1) is 10.1 Å². The van der Waals surface area contributed by atoms with Crippen molar-refractivity contribution in [3.63, 3.8) is 0 Å². The van der Waals surface area contributed by atoms with Crippen LogP contribution in [0.25, 0.3) is 0 Å². The molecule has 0 aromatic heterocycles. The molecule has 1 aromatic carbocycles. The Labute approximate surface area is 114 Å². The number of nitrogens with zero attached hydrogens (tertiary/aromatic N) is 1. The number of nitro benzene ring substituents is 1. The van der Waals surface area contributed by atoms with Crippen molar-refractivity contribution in [2.24, 2.45) is 0 Å². The molecule has 2 N–H and O–H groups in total. The van der Waals surface area contributed by atoms with Crippen molar-refractivity contribution >= 4 is 11.4 Å². The standard InChI is InChI=1S/C12H16F2N2O4/c1-7(2)20-11-5-8(3-4-9(11)16(18)19)15-6-10(17)12(13)14/h3-5,7,10,12,15,17H,6H2,1-2H3. The van der Waals surface area contributed by atoms with Crippen LogP contribution >= 0.6 is 0 Å². The Bertz CT molecular complexity index is 469. The van der Waals surface area contributed by atoms with E-state index in [1.165, 1.54) is 18.2 Å². The summed E-state index contributed by atoms with van der Waals surface area (Å²) < 4.78 is 29.6. The van der Waals surface area contributed by atoms with Gasteiger partial charge in [0.2, 0.25) is 0 Å². The number of aliphatic hydroxyl groups excluding tert-OH is 1. The number of rotatable bonds is 7. The zero-order chi connectivity index (χ0) is 15.3. The maximum absolute atomic E-state index is 12.1. The van der Waals surface area contributed by atoms with Crippen molar-refractivity contribution in [3.8, 4) is 5.75 Å². The highest BCUT2D eigenvalue weighted by atomic mass is 19.3. The Morgan fingerprint density at radius 3 is 2.60 bits per heavy atom. The molecule has 6 nitrogen and oxygen atoms in total. The van der Waals surface area contributed by atoms with Gasteiger partial charge in [-0.1, -0.05) is 0 Å². The lowest BCUT2D eigenvalue weighted by Gasteiger charge is -2.14. The second-order valence-electron chi connectivity index (χ2n) is 4.39. The van der Waals surface area contributed by atoms with Crippen molar-refractivity contribution in [1.82, 2.24) is 0 Å². The van der Waals surface area contributed by atoms with Crippen LogP contribution in [0.15, 0.2) is 18.2 Å².